The van der Waals surface area contributed by atoms with Crippen LogP contribution in [-0.4, -0.2) is 21.0 Å². The van der Waals surface area contributed by atoms with Crippen LogP contribution in [0.2, 0.25) is 0 Å². The quantitative estimate of drug-likeness (QED) is 0.516. The van der Waals surface area contributed by atoms with Gasteiger partial charge < -0.3 is 11.2 Å². The van der Waals surface area contributed by atoms with Crippen LogP contribution in [0, 0.1) is 0 Å². The van der Waals surface area contributed by atoms with E-state index in [0.717, 1.165) is 4.79 Å². The number of carbonyl (C=O) groups excluding carboxylic acids is 1. The van der Waals surface area contributed by atoms with Crippen LogP contribution in [0.4, 0.5) is 0 Å². The van der Waals surface area contributed by atoms with Crippen LogP contribution < -0.4 is 11.2 Å². The van der Waals surface area contributed by atoms with Crippen molar-refractivity contribution in [2.45, 2.75) is 13.5 Å². The first kappa shape index (κ1) is 7.52. The van der Waals surface area contributed by atoms with E-state index in [2.05, 4.69) is 15.6 Å². The molecule has 0 radical (unpaired) electrons. The number of amides is 1. The summed E-state index contributed by atoms with van der Waals surface area (Å²) in [5.74, 6) is 5.11. The third-order valence-electron chi connectivity index (χ3n) is 1.08. The maximum Gasteiger partial charge on any atom is 0.217 e. The van der Waals surface area contributed by atoms with Gasteiger partial charge in [0.25, 0.3) is 0 Å². The first-order chi connectivity index (χ1) is 5.18. The molecule has 0 saturated heterocycles. The Kier molecular flexibility index (Phi) is 2.05. The molecule has 0 unspecified atom stereocenters. The SMILES string of the molecule is CC(=O)NCc1cn(N)nn1. The molecule has 0 aliphatic rings. The van der Waals surface area contributed by atoms with Crippen molar-refractivity contribution in [2.75, 3.05) is 5.84 Å². The van der Waals surface area contributed by atoms with Crippen LogP contribution in [0.5, 0.6) is 0 Å². The van der Waals surface area contributed by atoms with Crippen molar-refractivity contribution >= 4 is 5.91 Å². The molecular formula is C5H9N5O. The molecule has 0 saturated carbocycles. The van der Waals surface area contributed by atoms with E-state index < -0.39 is 0 Å². The molecule has 11 heavy (non-hydrogen) atoms. The monoisotopic (exact) mass is 155 g/mol. The van der Waals surface area contributed by atoms with Crippen molar-refractivity contribution in [2.24, 2.45) is 0 Å². The number of aromatic nitrogens is 3. The molecule has 0 fully saturated rings. The Morgan fingerprint density at radius 1 is 1.91 bits per heavy atom. The zero-order valence-corrected chi connectivity index (χ0v) is 6.11. The normalized spacial score (nSPS) is 9.55. The van der Waals surface area contributed by atoms with Crippen LogP contribution in [-0.2, 0) is 11.3 Å². The Balaban J connectivity index is 2.45. The lowest BCUT2D eigenvalue weighted by Gasteiger charge is -1.94. The van der Waals surface area contributed by atoms with Gasteiger partial charge in [0.05, 0.1) is 12.7 Å². The van der Waals surface area contributed by atoms with Gasteiger partial charge in [0, 0.05) is 6.92 Å². The molecule has 0 aromatic carbocycles. The number of rotatable bonds is 2. The third kappa shape index (κ3) is 2.24. The molecule has 1 rings (SSSR count). The first-order valence-corrected chi connectivity index (χ1v) is 3.09. The first-order valence-electron chi connectivity index (χ1n) is 3.09. The third-order valence-corrected chi connectivity index (χ3v) is 1.08. The van der Waals surface area contributed by atoms with E-state index in [1.807, 2.05) is 0 Å². The van der Waals surface area contributed by atoms with Gasteiger partial charge in [-0.2, -0.15) is 4.79 Å². The summed E-state index contributed by atoms with van der Waals surface area (Å²) in [4.78, 5) is 11.5. The molecule has 6 heteroatoms. The van der Waals surface area contributed by atoms with Crippen molar-refractivity contribution in [1.29, 1.82) is 0 Å². The number of nitrogen functional groups attached to an aromatic ring is 1. The number of nitrogens with zero attached hydrogens (tertiary/aromatic N) is 3. The van der Waals surface area contributed by atoms with E-state index in [1.54, 1.807) is 0 Å². The van der Waals surface area contributed by atoms with Crippen LogP contribution >= 0.6 is 0 Å². The van der Waals surface area contributed by atoms with Gasteiger partial charge in [-0.25, -0.2) is 0 Å². The fourth-order valence-electron chi connectivity index (χ4n) is 0.609. The molecule has 0 spiro atoms. The van der Waals surface area contributed by atoms with Crippen LogP contribution in [0.1, 0.15) is 12.6 Å². The summed E-state index contributed by atoms with van der Waals surface area (Å²) in [6.45, 7) is 1.80. The van der Waals surface area contributed by atoms with Crippen molar-refractivity contribution in [3.05, 3.63) is 11.9 Å². The summed E-state index contributed by atoms with van der Waals surface area (Å²) in [5.41, 5.74) is 0.641. The zero-order chi connectivity index (χ0) is 8.27. The second-order valence-corrected chi connectivity index (χ2v) is 2.10. The van der Waals surface area contributed by atoms with Gasteiger partial charge in [0.2, 0.25) is 5.91 Å². The Labute approximate surface area is 63.3 Å². The summed E-state index contributed by atoms with van der Waals surface area (Å²) in [6, 6.07) is 0. The smallest absolute Gasteiger partial charge is 0.217 e. The minimum Gasteiger partial charge on any atom is -0.351 e. The lowest BCUT2D eigenvalue weighted by atomic mass is 10.5. The summed E-state index contributed by atoms with van der Waals surface area (Å²) in [7, 11) is 0. The largest absolute Gasteiger partial charge is 0.351 e. The fourth-order valence-corrected chi connectivity index (χ4v) is 0.609. The highest BCUT2D eigenvalue weighted by Gasteiger charge is 1.97. The Bertz CT molecular complexity index is 255. The second kappa shape index (κ2) is 3.00. The van der Waals surface area contributed by atoms with E-state index in [-0.39, 0.29) is 5.91 Å². The van der Waals surface area contributed by atoms with Gasteiger partial charge >= 0.3 is 0 Å². The molecule has 0 atom stereocenters. The van der Waals surface area contributed by atoms with Crippen molar-refractivity contribution in [1.82, 2.24) is 20.4 Å². The van der Waals surface area contributed by atoms with E-state index in [4.69, 9.17) is 5.84 Å². The number of hydrogen-bond donors (Lipinski definition) is 2. The van der Waals surface area contributed by atoms with Gasteiger partial charge in [-0.1, -0.05) is 0 Å². The van der Waals surface area contributed by atoms with Gasteiger partial charge in [0.15, 0.2) is 0 Å². The zero-order valence-electron chi connectivity index (χ0n) is 6.11. The summed E-state index contributed by atoms with van der Waals surface area (Å²) in [6.07, 6.45) is 1.54. The van der Waals surface area contributed by atoms with Crippen molar-refractivity contribution in [3.63, 3.8) is 0 Å². The molecule has 6 nitrogen and oxygen atoms in total. The molecule has 1 aromatic rings. The Hall–Kier alpha value is -1.59. The lowest BCUT2D eigenvalue weighted by Crippen LogP contribution is -2.19. The molecule has 1 aromatic heterocycles. The molecule has 0 aliphatic heterocycles. The minimum atomic E-state index is -0.100. The second-order valence-electron chi connectivity index (χ2n) is 2.10. The van der Waals surface area contributed by atoms with E-state index in [9.17, 15) is 4.79 Å². The van der Waals surface area contributed by atoms with Crippen LogP contribution in [0.15, 0.2) is 6.20 Å². The molecule has 3 N–H and O–H groups in total. The summed E-state index contributed by atoms with van der Waals surface area (Å²) in [5, 5.41) is 9.71. The van der Waals surface area contributed by atoms with Gasteiger partial charge in [-0.15, -0.1) is 5.10 Å². The molecular weight excluding hydrogens is 146 g/mol. The van der Waals surface area contributed by atoms with Crippen molar-refractivity contribution in [3.8, 4) is 0 Å². The highest BCUT2D eigenvalue weighted by Crippen LogP contribution is 1.87. The number of nitrogens with one attached hydrogen (secondary N) is 1. The van der Waals surface area contributed by atoms with Gasteiger partial charge in [-0.3, -0.25) is 4.79 Å². The maximum atomic E-state index is 10.4. The molecule has 0 aliphatic carbocycles. The summed E-state index contributed by atoms with van der Waals surface area (Å²) < 4.78 is 0. The maximum absolute atomic E-state index is 10.4. The molecule has 1 amide bonds. The van der Waals surface area contributed by atoms with Crippen LogP contribution in [0.3, 0.4) is 0 Å². The highest BCUT2D eigenvalue weighted by molar-refractivity contribution is 5.72. The summed E-state index contributed by atoms with van der Waals surface area (Å²) >= 11 is 0. The predicted octanol–water partition coefficient (Wildman–Crippen LogP) is -1.37. The Morgan fingerprint density at radius 3 is 3.09 bits per heavy atom. The number of nitrogens with two attached hydrogens (primary N) is 1. The average Bonchev–Trinajstić information content (AvgIpc) is 2.31. The molecule has 0 bridgehead atoms. The molecule has 1 heterocycles. The average molecular weight is 155 g/mol. The fraction of sp³-hybridized carbons (Fsp3) is 0.400. The van der Waals surface area contributed by atoms with E-state index in [0.29, 0.717) is 12.2 Å². The van der Waals surface area contributed by atoms with Crippen molar-refractivity contribution < 1.29 is 4.79 Å². The topological polar surface area (TPSA) is 85.8 Å². The van der Waals surface area contributed by atoms with Crippen LogP contribution in [0.25, 0.3) is 0 Å². The Morgan fingerprint density at radius 2 is 2.64 bits per heavy atom. The number of carbonyl (C=O) groups is 1. The predicted molar refractivity (Wildman–Crippen MR) is 37.7 cm³/mol. The number of hydrogen-bond acceptors (Lipinski definition) is 4. The highest BCUT2D eigenvalue weighted by atomic mass is 16.1. The standard InChI is InChI=1S/C5H9N5O/c1-4(11)7-2-5-3-10(6)9-8-5/h3H,2,6H2,1H3,(H,7,11). The van der Waals surface area contributed by atoms with Gasteiger partial charge in [-0.05, 0) is 5.21 Å². The van der Waals surface area contributed by atoms with Gasteiger partial charge in [0.1, 0.15) is 5.69 Å². The lowest BCUT2D eigenvalue weighted by molar-refractivity contribution is -0.119. The minimum absolute atomic E-state index is 0.100. The van der Waals surface area contributed by atoms with E-state index >= 15 is 0 Å². The molecule has 60 valence electrons. The van der Waals surface area contributed by atoms with E-state index in [1.165, 1.54) is 13.1 Å².